The molecule has 0 aliphatic carbocycles. The number of nitrogens with one attached hydrogen (secondary N) is 1. The Kier molecular flexibility index (Phi) is 8.63. The van der Waals surface area contributed by atoms with Crippen LogP contribution in [0.3, 0.4) is 0 Å². The summed E-state index contributed by atoms with van der Waals surface area (Å²) in [6.45, 7) is 3.19. The van der Waals surface area contributed by atoms with E-state index >= 15 is 0 Å². The first kappa shape index (κ1) is 25.2. The molecule has 2 aromatic heterocycles. The van der Waals surface area contributed by atoms with Gasteiger partial charge in [0.05, 0.1) is 18.8 Å². The van der Waals surface area contributed by atoms with Gasteiger partial charge in [-0.2, -0.15) is 5.26 Å². The highest BCUT2D eigenvalue weighted by atomic mass is 35.5. The molecule has 2 N–H and O–H groups in total. The molecule has 0 radical (unpaired) electrons. The van der Waals surface area contributed by atoms with Gasteiger partial charge in [0.25, 0.3) is 0 Å². The molecule has 0 saturated heterocycles. The lowest BCUT2D eigenvalue weighted by Gasteiger charge is -2.11. The highest BCUT2D eigenvalue weighted by Crippen LogP contribution is 2.28. The number of benzene rings is 1. The summed E-state index contributed by atoms with van der Waals surface area (Å²) in [5.74, 6) is -1.41. The number of carboxylic acids is 1. The van der Waals surface area contributed by atoms with Crippen LogP contribution in [-0.2, 0) is 23.0 Å². The van der Waals surface area contributed by atoms with E-state index in [0.29, 0.717) is 53.4 Å². The SMILES string of the molecule is C[C@H](CC(=O)O)CC(=O)c1c(CCOCCNc2cccc(Cl)c2)n(C)c2ncc(C#N)cc12. The van der Waals surface area contributed by atoms with Gasteiger partial charge in [-0.3, -0.25) is 9.59 Å². The van der Waals surface area contributed by atoms with Gasteiger partial charge in [-0.1, -0.05) is 24.6 Å². The predicted octanol–water partition coefficient (Wildman–Crippen LogP) is 4.45. The van der Waals surface area contributed by atoms with Crippen LogP contribution < -0.4 is 5.32 Å². The maximum Gasteiger partial charge on any atom is 0.303 e. The molecule has 178 valence electrons. The Bertz CT molecular complexity index is 1230. The normalized spacial score (nSPS) is 11.8. The van der Waals surface area contributed by atoms with Crippen LogP contribution in [0.5, 0.6) is 0 Å². The number of hydrogen-bond donors (Lipinski definition) is 2. The lowest BCUT2D eigenvalue weighted by Crippen LogP contribution is -2.15. The molecule has 0 aliphatic heterocycles. The number of ketones is 1. The van der Waals surface area contributed by atoms with Gasteiger partial charge in [-0.25, -0.2) is 4.98 Å². The molecule has 0 fully saturated rings. The maximum absolute atomic E-state index is 13.2. The third-order valence-electron chi connectivity index (χ3n) is 5.50. The van der Waals surface area contributed by atoms with Gasteiger partial charge in [0.1, 0.15) is 11.7 Å². The monoisotopic (exact) mass is 482 g/mol. The van der Waals surface area contributed by atoms with Crippen molar-refractivity contribution in [1.29, 1.82) is 5.26 Å². The fraction of sp³-hybridized carbons (Fsp3) is 0.360. The lowest BCUT2D eigenvalue weighted by molar-refractivity contribution is -0.137. The smallest absolute Gasteiger partial charge is 0.303 e. The first-order valence-corrected chi connectivity index (χ1v) is 11.4. The summed E-state index contributed by atoms with van der Waals surface area (Å²) in [4.78, 5) is 28.6. The minimum atomic E-state index is -0.938. The average Bonchev–Trinajstić information content (AvgIpc) is 3.06. The van der Waals surface area contributed by atoms with Crippen molar-refractivity contribution in [1.82, 2.24) is 9.55 Å². The van der Waals surface area contributed by atoms with Crippen LogP contribution in [0.1, 0.15) is 41.4 Å². The Balaban J connectivity index is 1.71. The van der Waals surface area contributed by atoms with Crippen LogP contribution in [0.2, 0.25) is 5.02 Å². The van der Waals surface area contributed by atoms with Crippen LogP contribution in [0.15, 0.2) is 36.5 Å². The second-order valence-corrected chi connectivity index (χ2v) is 8.65. The third kappa shape index (κ3) is 6.34. The third-order valence-corrected chi connectivity index (χ3v) is 5.73. The summed E-state index contributed by atoms with van der Waals surface area (Å²) in [6.07, 6.45) is 1.96. The molecule has 0 spiro atoms. The van der Waals surface area contributed by atoms with E-state index in [4.69, 9.17) is 21.4 Å². The number of hydrogen-bond acceptors (Lipinski definition) is 6. The number of carbonyl (C=O) groups excluding carboxylic acids is 1. The average molecular weight is 483 g/mol. The van der Waals surface area contributed by atoms with Gasteiger partial charge in [0.15, 0.2) is 5.78 Å². The van der Waals surface area contributed by atoms with Gasteiger partial charge in [0, 0.05) is 66.4 Å². The van der Waals surface area contributed by atoms with Crippen LogP contribution in [0, 0.1) is 17.2 Å². The number of rotatable bonds is 12. The summed E-state index contributed by atoms with van der Waals surface area (Å²) < 4.78 is 7.63. The predicted molar refractivity (Wildman–Crippen MR) is 130 cm³/mol. The van der Waals surface area contributed by atoms with Crippen molar-refractivity contribution in [2.24, 2.45) is 13.0 Å². The van der Waals surface area contributed by atoms with Crippen LogP contribution in [0.4, 0.5) is 5.69 Å². The van der Waals surface area contributed by atoms with Crippen molar-refractivity contribution in [3.63, 3.8) is 0 Å². The van der Waals surface area contributed by atoms with Gasteiger partial charge < -0.3 is 19.7 Å². The Hall–Kier alpha value is -3.41. The fourth-order valence-corrected chi connectivity index (χ4v) is 4.14. The number of anilines is 1. The number of carboxylic acid groups (broad SMARTS) is 1. The Morgan fingerprint density at radius 1 is 1.29 bits per heavy atom. The van der Waals surface area contributed by atoms with Gasteiger partial charge in [-0.05, 0) is 30.2 Å². The first-order chi connectivity index (χ1) is 16.3. The zero-order chi connectivity index (χ0) is 24.7. The number of nitrogens with zero attached hydrogens (tertiary/aromatic N) is 3. The molecule has 1 aromatic carbocycles. The summed E-state index contributed by atoms with van der Waals surface area (Å²) in [7, 11) is 1.83. The number of aryl methyl sites for hydroxylation is 1. The van der Waals surface area contributed by atoms with E-state index in [1.807, 2.05) is 35.9 Å². The molecular formula is C25H27ClN4O4. The van der Waals surface area contributed by atoms with Crippen molar-refractivity contribution in [3.8, 4) is 6.07 Å². The zero-order valence-corrected chi connectivity index (χ0v) is 19.9. The zero-order valence-electron chi connectivity index (χ0n) is 19.2. The fourth-order valence-electron chi connectivity index (χ4n) is 3.95. The second-order valence-electron chi connectivity index (χ2n) is 8.22. The van der Waals surface area contributed by atoms with E-state index in [2.05, 4.69) is 16.4 Å². The quantitative estimate of drug-likeness (QED) is 0.289. The molecule has 9 heteroatoms. The number of ether oxygens (including phenoxy) is 1. The molecule has 0 amide bonds. The number of aromatic nitrogens is 2. The minimum Gasteiger partial charge on any atom is -0.481 e. The van der Waals surface area contributed by atoms with E-state index in [1.54, 1.807) is 13.0 Å². The topological polar surface area (TPSA) is 117 Å². The molecule has 34 heavy (non-hydrogen) atoms. The molecule has 3 aromatic rings. The first-order valence-electron chi connectivity index (χ1n) is 11.0. The van der Waals surface area contributed by atoms with Crippen molar-refractivity contribution in [2.45, 2.75) is 26.2 Å². The largest absolute Gasteiger partial charge is 0.481 e. The summed E-state index contributed by atoms with van der Waals surface area (Å²) in [5.41, 5.74) is 3.12. The molecule has 2 heterocycles. The number of aliphatic carboxylic acids is 1. The van der Waals surface area contributed by atoms with Crippen LogP contribution in [-0.4, -0.2) is 46.2 Å². The summed E-state index contributed by atoms with van der Waals surface area (Å²) >= 11 is 5.99. The van der Waals surface area contributed by atoms with Crippen molar-refractivity contribution in [3.05, 3.63) is 58.4 Å². The standard InChI is InChI=1S/C25H27ClN4O4/c1-16(11-23(32)33)10-22(31)24-20-12-17(14-27)15-29-25(20)30(2)21(24)6-8-34-9-7-28-19-5-3-4-18(26)13-19/h3-5,12-13,15-16,28H,6-11H2,1-2H3,(H,32,33)/t16-/m0/s1. The van der Waals surface area contributed by atoms with Gasteiger partial charge in [-0.15, -0.1) is 0 Å². The molecule has 0 unspecified atom stereocenters. The number of Topliss-reactive ketones (excluding diaryl/α,β-unsaturated/α-hetero) is 1. The lowest BCUT2D eigenvalue weighted by atomic mass is 9.95. The van der Waals surface area contributed by atoms with Crippen LogP contribution >= 0.6 is 11.6 Å². The molecule has 0 saturated carbocycles. The summed E-state index contributed by atoms with van der Waals surface area (Å²) in [6, 6.07) is 11.2. The van der Waals surface area contributed by atoms with Crippen LogP contribution in [0.25, 0.3) is 11.0 Å². The maximum atomic E-state index is 13.2. The minimum absolute atomic E-state index is 0.0870. The van der Waals surface area contributed by atoms with Crippen molar-refractivity contribution in [2.75, 3.05) is 25.1 Å². The number of halogens is 1. The van der Waals surface area contributed by atoms with E-state index in [1.165, 1.54) is 6.20 Å². The van der Waals surface area contributed by atoms with Gasteiger partial charge >= 0.3 is 5.97 Å². The number of nitriles is 1. The highest BCUT2D eigenvalue weighted by molar-refractivity contribution is 6.30. The van der Waals surface area contributed by atoms with Gasteiger partial charge in [0.2, 0.25) is 0 Å². The van der Waals surface area contributed by atoms with E-state index in [9.17, 15) is 14.9 Å². The molecular weight excluding hydrogens is 456 g/mol. The van der Waals surface area contributed by atoms with E-state index in [-0.39, 0.29) is 24.5 Å². The number of pyridine rings is 1. The number of carbonyl (C=O) groups is 2. The molecule has 0 aliphatic rings. The Morgan fingerprint density at radius 3 is 2.79 bits per heavy atom. The van der Waals surface area contributed by atoms with E-state index in [0.717, 1.165) is 11.4 Å². The molecule has 0 bridgehead atoms. The Labute approximate surface area is 203 Å². The van der Waals surface area contributed by atoms with Crippen molar-refractivity contribution < 1.29 is 19.4 Å². The highest BCUT2D eigenvalue weighted by Gasteiger charge is 2.24. The van der Waals surface area contributed by atoms with Crippen molar-refractivity contribution >= 4 is 40.1 Å². The molecule has 3 rings (SSSR count). The molecule has 1 atom stereocenters. The number of fused-ring (bicyclic) bond motifs is 1. The Morgan fingerprint density at radius 2 is 2.09 bits per heavy atom. The summed E-state index contributed by atoms with van der Waals surface area (Å²) in [5, 5.41) is 22.8. The molecule has 8 nitrogen and oxygen atoms in total. The second kappa shape index (κ2) is 11.6. The van der Waals surface area contributed by atoms with E-state index < -0.39 is 5.97 Å².